The molecule has 2 rings (SSSR count). The summed E-state index contributed by atoms with van der Waals surface area (Å²) in [4.78, 5) is 14.4. The van der Waals surface area contributed by atoms with E-state index >= 15 is 0 Å². The lowest BCUT2D eigenvalue weighted by Crippen LogP contribution is -2.26. The summed E-state index contributed by atoms with van der Waals surface area (Å²) >= 11 is 0. The molecular weight excluding hydrogens is 214 g/mol. The molecule has 0 atom stereocenters. The van der Waals surface area contributed by atoms with Gasteiger partial charge < -0.3 is 10.1 Å². The Balaban J connectivity index is 2.34. The summed E-state index contributed by atoms with van der Waals surface area (Å²) in [7, 11) is 0. The number of carboxylic acid groups (broad SMARTS) is 1. The van der Waals surface area contributed by atoms with Gasteiger partial charge in [-0.2, -0.15) is 0 Å². The van der Waals surface area contributed by atoms with Crippen LogP contribution >= 0.6 is 0 Å². The molecule has 0 saturated heterocycles. The van der Waals surface area contributed by atoms with Gasteiger partial charge >= 0.3 is 5.97 Å². The number of rotatable bonds is 3. The zero-order valence-electron chi connectivity index (χ0n) is 10.4. The third-order valence-electron chi connectivity index (χ3n) is 3.04. The van der Waals surface area contributed by atoms with Crippen molar-refractivity contribution in [3.05, 3.63) is 35.5 Å². The van der Waals surface area contributed by atoms with Crippen molar-refractivity contribution in [1.82, 2.24) is 4.98 Å². The van der Waals surface area contributed by atoms with Gasteiger partial charge in [0.05, 0.1) is 5.41 Å². The van der Waals surface area contributed by atoms with Crippen LogP contribution in [0.4, 0.5) is 0 Å². The van der Waals surface area contributed by atoms with Crippen molar-refractivity contribution in [2.75, 3.05) is 0 Å². The number of aryl methyl sites for hydroxylation is 1. The summed E-state index contributed by atoms with van der Waals surface area (Å²) in [6.07, 6.45) is 0.510. The minimum absolute atomic E-state index is 0.510. The van der Waals surface area contributed by atoms with Gasteiger partial charge in [0, 0.05) is 17.6 Å². The number of hydrogen-bond donors (Lipinski definition) is 2. The van der Waals surface area contributed by atoms with Crippen LogP contribution in [0.2, 0.25) is 0 Å². The van der Waals surface area contributed by atoms with E-state index < -0.39 is 11.4 Å². The van der Waals surface area contributed by atoms with Crippen LogP contribution in [-0.2, 0) is 11.2 Å². The molecule has 3 heteroatoms. The lowest BCUT2D eigenvalue weighted by Gasteiger charge is -2.17. The van der Waals surface area contributed by atoms with Crippen molar-refractivity contribution < 1.29 is 9.90 Å². The molecule has 3 nitrogen and oxygen atoms in total. The SMILES string of the molecule is Cc1ccc2[nH]c(CC(C)(C)C(=O)O)cc2c1. The first kappa shape index (κ1) is 11.7. The van der Waals surface area contributed by atoms with E-state index in [1.54, 1.807) is 13.8 Å². The smallest absolute Gasteiger partial charge is 0.309 e. The molecule has 0 bridgehead atoms. The summed E-state index contributed by atoms with van der Waals surface area (Å²) < 4.78 is 0. The number of fused-ring (bicyclic) bond motifs is 1. The molecule has 17 heavy (non-hydrogen) atoms. The highest BCUT2D eigenvalue weighted by atomic mass is 16.4. The van der Waals surface area contributed by atoms with Gasteiger partial charge in [-0.05, 0) is 44.4 Å². The number of aromatic amines is 1. The Labute approximate surface area is 100 Å². The fourth-order valence-corrected chi connectivity index (χ4v) is 1.96. The van der Waals surface area contributed by atoms with E-state index in [1.165, 1.54) is 5.56 Å². The van der Waals surface area contributed by atoms with Crippen LogP contribution < -0.4 is 0 Å². The second kappa shape index (κ2) is 3.91. The van der Waals surface area contributed by atoms with Crippen molar-refractivity contribution in [3.63, 3.8) is 0 Å². The fourth-order valence-electron chi connectivity index (χ4n) is 1.96. The molecule has 1 aromatic carbocycles. The summed E-state index contributed by atoms with van der Waals surface area (Å²) in [5, 5.41) is 10.2. The Morgan fingerprint density at radius 3 is 2.71 bits per heavy atom. The molecule has 1 aromatic heterocycles. The quantitative estimate of drug-likeness (QED) is 0.852. The number of hydrogen-bond acceptors (Lipinski definition) is 1. The highest BCUT2D eigenvalue weighted by Crippen LogP contribution is 2.24. The van der Waals surface area contributed by atoms with Crippen LogP contribution in [0.1, 0.15) is 25.1 Å². The minimum atomic E-state index is -0.771. The molecule has 2 aromatic rings. The molecule has 0 aliphatic rings. The summed E-state index contributed by atoms with van der Waals surface area (Å²) in [5.74, 6) is -0.771. The topological polar surface area (TPSA) is 53.1 Å². The number of H-pyrrole nitrogens is 1. The average Bonchev–Trinajstić information content (AvgIpc) is 2.57. The highest BCUT2D eigenvalue weighted by Gasteiger charge is 2.27. The Hall–Kier alpha value is -1.77. The standard InChI is InChI=1S/C14H17NO2/c1-9-4-5-12-10(6-9)7-11(15-12)8-14(2,3)13(16)17/h4-7,15H,8H2,1-3H3,(H,16,17). The fraction of sp³-hybridized carbons (Fsp3) is 0.357. The average molecular weight is 231 g/mol. The number of nitrogens with one attached hydrogen (secondary N) is 1. The Morgan fingerprint density at radius 2 is 2.06 bits per heavy atom. The van der Waals surface area contributed by atoms with E-state index in [0.717, 1.165) is 16.6 Å². The van der Waals surface area contributed by atoms with Gasteiger partial charge in [0.1, 0.15) is 0 Å². The van der Waals surface area contributed by atoms with Crippen LogP contribution in [0.5, 0.6) is 0 Å². The van der Waals surface area contributed by atoms with Crippen LogP contribution in [0.15, 0.2) is 24.3 Å². The molecule has 1 heterocycles. The maximum absolute atomic E-state index is 11.1. The molecule has 0 aliphatic carbocycles. The lowest BCUT2D eigenvalue weighted by molar-refractivity contribution is -0.146. The molecule has 90 valence electrons. The van der Waals surface area contributed by atoms with Crippen LogP contribution in [0.25, 0.3) is 10.9 Å². The Bertz CT molecular complexity index is 567. The summed E-state index contributed by atoms with van der Waals surface area (Å²) in [6, 6.07) is 8.21. The molecule has 2 N–H and O–H groups in total. The van der Waals surface area contributed by atoms with Gasteiger partial charge in [0.15, 0.2) is 0 Å². The monoisotopic (exact) mass is 231 g/mol. The minimum Gasteiger partial charge on any atom is -0.481 e. The van der Waals surface area contributed by atoms with Crippen molar-refractivity contribution >= 4 is 16.9 Å². The molecule has 0 fully saturated rings. The zero-order valence-corrected chi connectivity index (χ0v) is 10.4. The van der Waals surface area contributed by atoms with Gasteiger partial charge in [0.25, 0.3) is 0 Å². The number of aromatic nitrogens is 1. The number of benzene rings is 1. The van der Waals surface area contributed by atoms with E-state index in [4.69, 9.17) is 5.11 Å². The zero-order chi connectivity index (χ0) is 12.6. The predicted octanol–water partition coefficient (Wildman–Crippen LogP) is 3.13. The largest absolute Gasteiger partial charge is 0.481 e. The second-order valence-corrected chi connectivity index (χ2v) is 5.25. The third-order valence-corrected chi connectivity index (χ3v) is 3.04. The molecule has 0 amide bonds. The normalized spacial score (nSPS) is 11.9. The van der Waals surface area contributed by atoms with Crippen LogP contribution in [0.3, 0.4) is 0 Å². The second-order valence-electron chi connectivity index (χ2n) is 5.25. The van der Waals surface area contributed by atoms with Crippen LogP contribution in [-0.4, -0.2) is 16.1 Å². The molecule has 0 saturated carbocycles. The van der Waals surface area contributed by atoms with E-state index in [2.05, 4.69) is 11.1 Å². The number of carboxylic acids is 1. The molecule has 0 aliphatic heterocycles. The maximum Gasteiger partial charge on any atom is 0.309 e. The van der Waals surface area contributed by atoms with Gasteiger partial charge in [-0.3, -0.25) is 4.79 Å². The van der Waals surface area contributed by atoms with E-state index in [0.29, 0.717) is 6.42 Å². The third kappa shape index (κ3) is 2.33. The van der Waals surface area contributed by atoms with Crippen molar-refractivity contribution in [2.45, 2.75) is 27.2 Å². The van der Waals surface area contributed by atoms with E-state index in [-0.39, 0.29) is 0 Å². The molecular formula is C14H17NO2. The van der Waals surface area contributed by atoms with Gasteiger partial charge in [0.2, 0.25) is 0 Å². The molecule has 0 radical (unpaired) electrons. The first-order chi connectivity index (χ1) is 7.88. The first-order valence-corrected chi connectivity index (χ1v) is 5.70. The van der Waals surface area contributed by atoms with Crippen LogP contribution in [0, 0.1) is 12.3 Å². The van der Waals surface area contributed by atoms with Crippen molar-refractivity contribution in [2.24, 2.45) is 5.41 Å². The van der Waals surface area contributed by atoms with Gasteiger partial charge in [-0.1, -0.05) is 11.6 Å². The number of aliphatic carboxylic acids is 1. The predicted molar refractivity (Wildman–Crippen MR) is 68.2 cm³/mol. The highest BCUT2D eigenvalue weighted by molar-refractivity contribution is 5.81. The first-order valence-electron chi connectivity index (χ1n) is 5.70. The number of carbonyl (C=O) groups is 1. The van der Waals surface area contributed by atoms with E-state index in [1.807, 2.05) is 25.1 Å². The molecule has 0 spiro atoms. The van der Waals surface area contributed by atoms with Gasteiger partial charge in [-0.15, -0.1) is 0 Å². The van der Waals surface area contributed by atoms with Crippen molar-refractivity contribution in [1.29, 1.82) is 0 Å². The lowest BCUT2D eigenvalue weighted by atomic mass is 9.88. The Morgan fingerprint density at radius 1 is 1.35 bits per heavy atom. The molecule has 0 unspecified atom stereocenters. The summed E-state index contributed by atoms with van der Waals surface area (Å²) in [5.41, 5.74) is 2.50. The van der Waals surface area contributed by atoms with Gasteiger partial charge in [-0.25, -0.2) is 0 Å². The maximum atomic E-state index is 11.1. The summed E-state index contributed by atoms with van der Waals surface area (Å²) in [6.45, 7) is 5.53. The Kier molecular flexibility index (Phi) is 2.69. The van der Waals surface area contributed by atoms with Crippen molar-refractivity contribution in [3.8, 4) is 0 Å². The van der Waals surface area contributed by atoms with E-state index in [9.17, 15) is 4.79 Å².